The average molecular weight is 198 g/mol. The van der Waals surface area contributed by atoms with Gasteiger partial charge in [-0.15, -0.1) is 0 Å². The van der Waals surface area contributed by atoms with Crippen molar-refractivity contribution in [2.75, 3.05) is 13.2 Å². The molecule has 0 spiro atoms. The summed E-state index contributed by atoms with van der Waals surface area (Å²) in [6.45, 7) is 14.9. The molecule has 1 nitrogen and oxygen atoms in total. The first-order valence-corrected chi connectivity index (χ1v) is 5.43. The molecule has 0 heterocycles. The summed E-state index contributed by atoms with van der Waals surface area (Å²) in [5.41, 5.74) is 0.665. The largest absolute Gasteiger partial charge is 0.377 e. The van der Waals surface area contributed by atoms with Crippen molar-refractivity contribution < 1.29 is 4.74 Å². The van der Waals surface area contributed by atoms with Crippen molar-refractivity contribution in [3.8, 4) is 0 Å². The molecular formula is C13H26O. The van der Waals surface area contributed by atoms with Gasteiger partial charge in [0, 0.05) is 0 Å². The third-order valence-electron chi connectivity index (χ3n) is 1.65. The van der Waals surface area contributed by atoms with Gasteiger partial charge in [0.1, 0.15) is 0 Å². The molecule has 0 saturated heterocycles. The molecule has 0 aromatic rings. The van der Waals surface area contributed by atoms with Gasteiger partial charge in [0.15, 0.2) is 0 Å². The van der Waals surface area contributed by atoms with E-state index in [1.165, 1.54) is 0 Å². The van der Waals surface area contributed by atoms with Crippen LogP contribution >= 0.6 is 0 Å². The second kappa shape index (κ2) is 5.55. The van der Waals surface area contributed by atoms with Crippen LogP contribution in [-0.4, -0.2) is 13.2 Å². The number of hydrogen-bond donors (Lipinski definition) is 0. The first-order valence-electron chi connectivity index (χ1n) is 5.43. The maximum Gasteiger partial charge on any atom is 0.0647 e. The smallest absolute Gasteiger partial charge is 0.0647 e. The van der Waals surface area contributed by atoms with Crippen LogP contribution in [0.4, 0.5) is 0 Å². The quantitative estimate of drug-likeness (QED) is 0.489. The molecule has 0 rings (SSSR count). The third kappa shape index (κ3) is 11.7. The highest BCUT2D eigenvalue weighted by Gasteiger charge is 2.09. The molecule has 0 N–H and O–H groups in total. The minimum absolute atomic E-state index is 0.276. The molecule has 0 radical (unpaired) electrons. The van der Waals surface area contributed by atoms with Crippen molar-refractivity contribution in [1.29, 1.82) is 0 Å². The summed E-state index contributed by atoms with van der Waals surface area (Å²) < 4.78 is 5.53. The van der Waals surface area contributed by atoms with Crippen molar-refractivity contribution in [2.45, 2.75) is 48.0 Å². The van der Waals surface area contributed by atoms with E-state index in [1.54, 1.807) is 0 Å². The lowest BCUT2D eigenvalue weighted by molar-refractivity contribution is 0.0908. The van der Waals surface area contributed by atoms with Gasteiger partial charge in [-0.2, -0.15) is 0 Å². The van der Waals surface area contributed by atoms with Crippen LogP contribution in [0.3, 0.4) is 0 Å². The van der Waals surface area contributed by atoms with E-state index in [0.717, 1.165) is 19.6 Å². The van der Waals surface area contributed by atoms with E-state index in [1.807, 2.05) is 0 Å². The summed E-state index contributed by atoms with van der Waals surface area (Å²) in [5.74, 6) is 0. The lowest BCUT2D eigenvalue weighted by Crippen LogP contribution is -2.14. The predicted octanol–water partition coefficient (Wildman–Crippen LogP) is 4.04. The zero-order valence-corrected chi connectivity index (χ0v) is 10.7. The minimum Gasteiger partial charge on any atom is -0.377 e. The van der Waals surface area contributed by atoms with Gasteiger partial charge in [-0.1, -0.05) is 53.7 Å². The van der Waals surface area contributed by atoms with E-state index in [4.69, 9.17) is 4.74 Å². The first-order chi connectivity index (χ1) is 6.21. The van der Waals surface area contributed by atoms with Gasteiger partial charge in [0.05, 0.1) is 13.2 Å². The molecule has 0 saturated carbocycles. The highest BCUT2D eigenvalue weighted by molar-refractivity contribution is 4.85. The normalized spacial score (nSPS) is 13.9. The topological polar surface area (TPSA) is 9.23 Å². The van der Waals surface area contributed by atoms with Gasteiger partial charge in [-0.3, -0.25) is 0 Å². The molecule has 14 heavy (non-hydrogen) atoms. The third-order valence-corrected chi connectivity index (χ3v) is 1.65. The first kappa shape index (κ1) is 13.7. The van der Waals surface area contributed by atoms with Gasteiger partial charge >= 0.3 is 0 Å². The summed E-state index contributed by atoms with van der Waals surface area (Å²) in [6.07, 6.45) is 5.45. The Morgan fingerprint density at radius 3 is 1.86 bits per heavy atom. The average Bonchev–Trinajstić information content (AvgIpc) is 1.92. The van der Waals surface area contributed by atoms with E-state index in [9.17, 15) is 0 Å². The molecule has 0 amide bonds. The lowest BCUT2D eigenvalue weighted by Gasteiger charge is -2.17. The monoisotopic (exact) mass is 198 g/mol. The Kier molecular flexibility index (Phi) is 5.43. The van der Waals surface area contributed by atoms with Crippen molar-refractivity contribution in [3.05, 3.63) is 12.2 Å². The molecular weight excluding hydrogens is 172 g/mol. The van der Waals surface area contributed by atoms with Gasteiger partial charge in [-0.05, 0) is 17.3 Å². The van der Waals surface area contributed by atoms with Crippen molar-refractivity contribution >= 4 is 0 Å². The maximum absolute atomic E-state index is 5.53. The second-order valence-electron chi connectivity index (χ2n) is 6.31. The Bertz CT molecular complexity index is 167. The van der Waals surface area contributed by atoms with Crippen LogP contribution in [0.25, 0.3) is 0 Å². The van der Waals surface area contributed by atoms with Gasteiger partial charge in [0.25, 0.3) is 0 Å². The van der Waals surface area contributed by atoms with Crippen LogP contribution in [0.15, 0.2) is 12.2 Å². The Morgan fingerprint density at radius 1 is 0.857 bits per heavy atom. The van der Waals surface area contributed by atoms with E-state index in [-0.39, 0.29) is 5.41 Å². The van der Waals surface area contributed by atoms with Gasteiger partial charge in [0.2, 0.25) is 0 Å². The Hall–Kier alpha value is -0.300. The zero-order valence-electron chi connectivity index (χ0n) is 10.7. The molecule has 1 heteroatoms. The van der Waals surface area contributed by atoms with Gasteiger partial charge in [-0.25, -0.2) is 0 Å². The summed E-state index contributed by atoms with van der Waals surface area (Å²) in [6, 6.07) is 0. The fraction of sp³-hybridized carbons (Fsp3) is 0.846. The predicted molar refractivity (Wildman–Crippen MR) is 63.5 cm³/mol. The van der Waals surface area contributed by atoms with Crippen LogP contribution in [-0.2, 0) is 4.74 Å². The van der Waals surface area contributed by atoms with Crippen LogP contribution in [0.2, 0.25) is 0 Å². The Morgan fingerprint density at radius 2 is 1.43 bits per heavy atom. The van der Waals surface area contributed by atoms with Crippen molar-refractivity contribution in [2.24, 2.45) is 10.8 Å². The zero-order chi connectivity index (χ0) is 11.2. The van der Waals surface area contributed by atoms with E-state index in [0.29, 0.717) is 5.41 Å². The van der Waals surface area contributed by atoms with Gasteiger partial charge < -0.3 is 4.74 Å². The fourth-order valence-electron chi connectivity index (χ4n) is 0.938. The molecule has 0 aromatic carbocycles. The standard InChI is InChI=1S/C13H26O/c1-12(2,3)9-7-8-10-14-11-13(4,5)6/h7-8H,9-11H2,1-6H3/b8-7+. The molecule has 0 aliphatic heterocycles. The van der Waals surface area contributed by atoms with Crippen molar-refractivity contribution in [3.63, 3.8) is 0 Å². The minimum atomic E-state index is 0.276. The van der Waals surface area contributed by atoms with Crippen LogP contribution < -0.4 is 0 Å². The second-order valence-corrected chi connectivity index (χ2v) is 6.31. The lowest BCUT2D eigenvalue weighted by atomic mass is 9.92. The highest BCUT2D eigenvalue weighted by atomic mass is 16.5. The number of allylic oxidation sites excluding steroid dienone is 1. The summed E-state index contributed by atoms with van der Waals surface area (Å²) >= 11 is 0. The summed E-state index contributed by atoms with van der Waals surface area (Å²) in [7, 11) is 0. The molecule has 0 bridgehead atoms. The van der Waals surface area contributed by atoms with E-state index < -0.39 is 0 Å². The molecule has 84 valence electrons. The van der Waals surface area contributed by atoms with Crippen LogP contribution in [0, 0.1) is 10.8 Å². The molecule has 0 aliphatic carbocycles. The van der Waals surface area contributed by atoms with E-state index in [2.05, 4.69) is 53.7 Å². The maximum atomic E-state index is 5.53. The van der Waals surface area contributed by atoms with Crippen LogP contribution in [0.1, 0.15) is 48.0 Å². The molecule has 0 aromatic heterocycles. The Labute approximate surface area is 89.5 Å². The molecule has 0 unspecified atom stereocenters. The summed E-state index contributed by atoms with van der Waals surface area (Å²) in [5, 5.41) is 0. The van der Waals surface area contributed by atoms with Crippen LogP contribution in [0.5, 0.6) is 0 Å². The SMILES string of the molecule is CC(C)(C)C/C=C/COCC(C)(C)C. The van der Waals surface area contributed by atoms with Crippen molar-refractivity contribution in [1.82, 2.24) is 0 Å². The Balaban J connectivity index is 3.46. The summed E-state index contributed by atoms with van der Waals surface area (Å²) in [4.78, 5) is 0. The number of hydrogen-bond acceptors (Lipinski definition) is 1. The molecule has 0 atom stereocenters. The fourth-order valence-corrected chi connectivity index (χ4v) is 0.938. The molecule has 0 fully saturated rings. The van der Waals surface area contributed by atoms with E-state index >= 15 is 0 Å². The number of rotatable bonds is 4. The molecule has 0 aliphatic rings. The highest BCUT2D eigenvalue weighted by Crippen LogP contribution is 2.18. The number of ether oxygens (including phenoxy) is 1.